The largest absolute Gasteiger partial charge is 0.370 e. The molecule has 1 fully saturated rings. The highest BCUT2D eigenvalue weighted by atomic mass is 32.1. The number of rotatable bonds is 3. The Kier molecular flexibility index (Phi) is 3.31. The molecule has 0 unspecified atom stereocenters. The van der Waals surface area contributed by atoms with Crippen LogP contribution >= 0.6 is 11.3 Å². The monoisotopic (exact) mass is 299 g/mol. The molecule has 21 heavy (non-hydrogen) atoms. The normalized spacial score (nSPS) is 16.7. The summed E-state index contributed by atoms with van der Waals surface area (Å²) in [4.78, 5) is 6.93. The number of anilines is 1. The fourth-order valence-corrected chi connectivity index (χ4v) is 3.95. The van der Waals surface area contributed by atoms with E-state index in [1.54, 1.807) is 17.5 Å². The molecule has 3 aromatic rings. The van der Waals surface area contributed by atoms with Gasteiger partial charge in [0.25, 0.3) is 0 Å². The van der Waals surface area contributed by atoms with Gasteiger partial charge in [0.15, 0.2) is 0 Å². The van der Waals surface area contributed by atoms with Crippen LogP contribution in [-0.2, 0) is 6.54 Å². The zero-order valence-electron chi connectivity index (χ0n) is 11.7. The zero-order chi connectivity index (χ0) is 14.1. The Morgan fingerprint density at radius 3 is 2.90 bits per heavy atom. The quantitative estimate of drug-likeness (QED) is 0.746. The van der Waals surface area contributed by atoms with Crippen molar-refractivity contribution in [2.75, 3.05) is 18.0 Å². The van der Waals surface area contributed by atoms with E-state index in [4.69, 9.17) is 0 Å². The van der Waals surface area contributed by atoms with Crippen LogP contribution in [0.3, 0.4) is 0 Å². The molecular weight excluding hydrogens is 282 g/mol. The first-order valence-corrected chi connectivity index (χ1v) is 8.19. The number of aromatic nitrogens is 4. The highest BCUT2D eigenvalue weighted by Crippen LogP contribution is 2.32. The number of fused-ring (bicyclic) bond motifs is 1. The molecule has 1 saturated heterocycles. The van der Waals surface area contributed by atoms with Crippen molar-refractivity contribution in [1.82, 2.24) is 20.0 Å². The average Bonchev–Trinajstić information content (AvgIpc) is 3.18. The van der Waals surface area contributed by atoms with Crippen molar-refractivity contribution < 1.29 is 0 Å². The summed E-state index contributed by atoms with van der Waals surface area (Å²) in [6.07, 6.45) is 8.03. The molecule has 0 saturated carbocycles. The van der Waals surface area contributed by atoms with Crippen molar-refractivity contribution in [3.8, 4) is 0 Å². The van der Waals surface area contributed by atoms with Crippen LogP contribution in [-0.4, -0.2) is 33.1 Å². The second-order valence-electron chi connectivity index (χ2n) is 5.52. The van der Waals surface area contributed by atoms with Crippen LogP contribution in [0.25, 0.3) is 10.2 Å². The molecule has 0 atom stereocenters. The number of hydrogen-bond acceptors (Lipinski definition) is 5. The second kappa shape index (κ2) is 5.44. The number of piperidine rings is 1. The van der Waals surface area contributed by atoms with E-state index in [-0.39, 0.29) is 0 Å². The first-order chi connectivity index (χ1) is 10.4. The third kappa shape index (κ3) is 2.51. The van der Waals surface area contributed by atoms with Gasteiger partial charge in [-0.3, -0.25) is 9.67 Å². The molecule has 4 heterocycles. The van der Waals surface area contributed by atoms with Crippen molar-refractivity contribution in [2.45, 2.75) is 19.4 Å². The van der Waals surface area contributed by atoms with Gasteiger partial charge in [0.05, 0.1) is 22.1 Å². The summed E-state index contributed by atoms with van der Waals surface area (Å²) < 4.78 is 3.26. The van der Waals surface area contributed by atoms with E-state index in [0.29, 0.717) is 5.92 Å². The van der Waals surface area contributed by atoms with Crippen LogP contribution in [0.2, 0.25) is 0 Å². The molecule has 5 nitrogen and oxygen atoms in total. The van der Waals surface area contributed by atoms with E-state index in [2.05, 4.69) is 37.7 Å². The van der Waals surface area contributed by atoms with Crippen molar-refractivity contribution in [3.63, 3.8) is 0 Å². The number of hydrogen-bond donors (Lipinski definition) is 0. The van der Waals surface area contributed by atoms with E-state index in [1.807, 2.05) is 17.1 Å². The summed E-state index contributed by atoms with van der Waals surface area (Å²) in [5, 5.41) is 10.1. The summed E-state index contributed by atoms with van der Waals surface area (Å²) in [7, 11) is 0. The average molecular weight is 299 g/mol. The summed E-state index contributed by atoms with van der Waals surface area (Å²) in [6.45, 7) is 3.20. The molecule has 0 amide bonds. The lowest BCUT2D eigenvalue weighted by Gasteiger charge is -2.33. The Hall–Kier alpha value is -1.95. The van der Waals surface area contributed by atoms with Gasteiger partial charge in [0, 0.05) is 32.0 Å². The van der Waals surface area contributed by atoms with Crippen molar-refractivity contribution in [1.29, 1.82) is 0 Å². The predicted molar refractivity (Wildman–Crippen MR) is 84.6 cm³/mol. The van der Waals surface area contributed by atoms with Crippen molar-refractivity contribution in [3.05, 3.63) is 36.1 Å². The minimum Gasteiger partial charge on any atom is -0.370 e. The fraction of sp³-hybridized carbons (Fsp3) is 0.400. The molecule has 0 aliphatic carbocycles. The Morgan fingerprint density at radius 2 is 2.10 bits per heavy atom. The van der Waals surface area contributed by atoms with E-state index in [9.17, 15) is 0 Å². The Balaban J connectivity index is 1.46. The number of nitrogens with zero attached hydrogens (tertiary/aromatic N) is 5. The molecule has 0 aromatic carbocycles. The van der Waals surface area contributed by atoms with E-state index >= 15 is 0 Å². The first kappa shape index (κ1) is 12.8. The predicted octanol–water partition coefficient (Wildman–Crippen LogP) is 2.80. The summed E-state index contributed by atoms with van der Waals surface area (Å²) in [6, 6.07) is 4.25. The molecule has 108 valence electrons. The van der Waals surface area contributed by atoms with Crippen molar-refractivity contribution >= 4 is 27.2 Å². The third-order valence-electron chi connectivity index (χ3n) is 4.20. The van der Waals surface area contributed by atoms with Crippen LogP contribution in [0, 0.1) is 5.92 Å². The van der Waals surface area contributed by atoms with Gasteiger partial charge in [0.2, 0.25) is 0 Å². The van der Waals surface area contributed by atoms with E-state index in [1.165, 1.54) is 23.2 Å². The van der Waals surface area contributed by atoms with Gasteiger partial charge >= 0.3 is 0 Å². The molecule has 0 spiro atoms. The van der Waals surface area contributed by atoms with Crippen molar-refractivity contribution in [2.24, 2.45) is 5.92 Å². The maximum atomic E-state index is 4.43. The zero-order valence-corrected chi connectivity index (χ0v) is 12.5. The van der Waals surface area contributed by atoms with Gasteiger partial charge in [0.1, 0.15) is 0 Å². The molecule has 1 aliphatic heterocycles. The highest BCUT2D eigenvalue weighted by Gasteiger charge is 2.21. The molecule has 1 aliphatic rings. The lowest BCUT2D eigenvalue weighted by molar-refractivity contribution is 0.339. The standard InChI is InChI=1S/C15H17N5S/c1-5-16-13-4-10-21-15(13)14(1)19-7-2-12(3-8-19)11-20-9-6-17-18-20/h1,4-6,9-10,12H,2-3,7-8,11H2. The summed E-state index contributed by atoms with van der Waals surface area (Å²) in [5.74, 6) is 0.698. The van der Waals surface area contributed by atoms with Crippen LogP contribution in [0.15, 0.2) is 36.1 Å². The number of thiophene rings is 1. The first-order valence-electron chi connectivity index (χ1n) is 7.31. The van der Waals surface area contributed by atoms with Crippen LogP contribution in [0.5, 0.6) is 0 Å². The van der Waals surface area contributed by atoms with Gasteiger partial charge < -0.3 is 4.90 Å². The van der Waals surface area contributed by atoms with Gasteiger partial charge in [-0.2, -0.15) is 0 Å². The van der Waals surface area contributed by atoms with Gasteiger partial charge in [-0.1, -0.05) is 5.21 Å². The minimum atomic E-state index is 0.698. The lowest BCUT2D eigenvalue weighted by atomic mass is 9.96. The summed E-state index contributed by atoms with van der Waals surface area (Å²) >= 11 is 1.79. The highest BCUT2D eigenvalue weighted by molar-refractivity contribution is 7.17. The smallest absolute Gasteiger partial charge is 0.0830 e. The summed E-state index contributed by atoms with van der Waals surface area (Å²) in [5.41, 5.74) is 2.46. The van der Waals surface area contributed by atoms with E-state index in [0.717, 1.165) is 25.2 Å². The Morgan fingerprint density at radius 1 is 1.19 bits per heavy atom. The molecule has 4 rings (SSSR count). The van der Waals surface area contributed by atoms with Crippen LogP contribution in [0.4, 0.5) is 5.69 Å². The second-order valence-corrected chi connectivity index (χ2v) is 6.44. The molecule has 6 heteroatoms. The Labute approximate surface area is 127 Å². The van der Waals surface area contributed by atoms with Gasteiger partial charge in [-0.15, -0.1) is 16.4 Å². The fourth-order valence-electron chi connectivity index (χ4n) is 3.06. The molecule has 0 N–H and O–H groups in total. The maximum Gasteiger partial charge on any atom is 0.0830 e. The molecular formula is C15H17N5S. The Bertz CT molecular complexity index is 713. The number of pyridine rings is 1. The van der Waals surface area contributed by atoms with Crippen LogP contribution in [0.1, 0.15) is 12.8 Å². The van der Waals surface area contributed by atoms with E-state index < -0.39 is 0 Å². The van der Waals surface area contributed by atoms with Gasteiger partial charge in [-0.25, -0.2) is 0 Å². The SMILES string of the molecule is c1cn(CC2CCN(c3ccnc4ccsc34)CC2)nn1. The molecule has 0 bridgehead atoms. The minimum absolute atomic E-state index is 0.698. The molecule has 0 radical (unpaired) electrons. The third-order valence-corrected chi connectivity index (χ3v) is 5.12. The van der Waals surface area contributed by atoms with Crippen LogP contribution < -0.4 is 4.90 Å². The topological polar surface area (TPSA) is 46.8 Å². The maximum absolute atomic E-state index is 4.43. The van der Waals surface area contributed by atoms with Gasteiger partial charge in [-0.05, 0) is 36.3 Å². The lowest BCUT2D eigenvalue weighted by Crippen LogP contribution is -2.35. The molecule has 3 aromatic heterocycles.